The molecule has 0 bridgehead atoms. The summed E-state index contributed by atoms with van der Waals surface area (Å²) in [5, 5.41) is 2.18. The van der Waals surface area contributed by atoms with Crippen LogP contribution in [0, 0.1) is 6.92 Å². The molecule has 6 heteroatoms. The zero-order chi connectivity index (χ0) is 17.9. The number of morpholine rings is 1. The van der Waals surface area contributed by atoms with Gasteiger partial charge in [0.2, 0.25) is 0 Å². The molecule has 5 nitrogen and oxygen atoms in total. The second-order valence-corrected chi connectivity index (χ2v) is 8.27. The maximum absolute atomic E-state index is 5.57. The van der Waals surface area contributed by atoms with E-state index in [9.17, 15) is 0 Å². The van der Waals surface area contributed by atoms with E-state index in [2.05, 4.69) is 34.4 Å². The molecule has 3 heterocycles. The summed E-state index contributed by atoms with van der Waals surface area (Å²) in [7, 11) is 2.19. The molecule has 0 amide bonds. The minimum atomic E-state index is 0.387. The van der Waals surface area contributed by atoms with Crippen molar-refractivity contribution >= 4 is 17.2 Å². The summed E-state index contributed by atoms with van der Waals surface area (Å²) in [4.78, 5) is 15.9. The molecule has 1 aliphatic carbocycles. The number of thiophene rings is 1. The predicted molar refractivity (Wildman–Crippen MR) is 106 cm³/mol. The summed E-state index contributed by atoms with van der Waals surface area (Å²) < 4.78 is 5.57. The molecular formula is C20H28N4OS. The number of rotatable bonds is 5. The Balaban J connectivity index is 1.60. The second-order valence-electron chi connectivity index (χ2n) is 7.29. The number of fused-ring (bicyclic) bond motifs is 1. The summed E-state index contributed by atoms with van der Waals surface area (Å²) in [6.07, 6.45) is 4.70. The molecule has 2 aromatic heterocycles. The van der Waals surface area contributed by atoms with Gasteiger partial charge in [0.05, 0.1) is 19.3 Å². The van der Waals surface area contributed by atoms with E-state index >= 15 is 0 Å². The first-order valence-electron chi connectivity index (χ1n) is 9.65. The average molecular weight is 373 g/mol. The summed E-state index contributed by atoms with van der Waals surface area (Å²) in [6, 6.07) is 4.81. The number of anilines is 1. The Kier molecular flexibility index (Phi) is 5.52. The first kappa shape index (κ1) is 17.9. The Morgan fingerprint density at radius 1 is 1.23 bits per heavy atom. The molecular weight excluding hydrogens is 344 g/mol. The zero-order valence-electron chi connectivity index (χ0n) is 15.8. The van der Waals surface area contributed by atoms with Gasteiger partial charge in [-0.2, -0.15) is 0 Å². The molecule has 140 valence electrons. The van der Waals surface area contributed by atoms with Gasteiger partial charge in [-0.15, -0.1) is 11.3 Å². The van der Waals surface area contributed by atoms with Crippen molar-refractivity contribution in [3.8, 4) is 0 Å². The SMILES string of the molecule is Cc1nc2c(c(N(C)CC(c3cccs3)N3CCOCC3)n1)CCCC2. The lowest BCUT2D eigenvalue weighted by atomic mass is 9.96. The second kappa shape index (κ2) is 8.03. The van der Waals surface area contributed by atoms with Gasteiger partial charge in [0, 0.05) is 42.8 Å². The van der Waals surface area contributed by atoms with Crippen LogP contribution in [0.3, 0.4) is 0 Å². The first-order valence-corrected chi connectivity index (χ1v) is 10.5. The Morgan fingerprint density at radius 2 is 2.04 bits per heavy atom. The number of aryl methyl sites for hydroxylation is 2. The van der Waals surface area contributed by atoms with Crippen molar-refractivity contribution in [3.05, 3.63) is 39.5 Å². The third-order valence-corrected chi connectivity index (χ3v) is 6.41. The highest BCUT2D eigenvalue weighted by Gasteiger charge is 2.27. The fraction of sp³-hybridized carbons (Fsp3) is 0.600. The van der Waals surface area contributed by atoms with Crippen LogP contribution in [0.25, 0.3) is 0 Å². The largest absolute Gasteiger partial charge is 0.379 e. The Morgan fingerprint density at radius 3 is 2.81 bits per heavy atom. The zero-order valence-corrected chi connectivity index (χ0v) is 16.6. The number of aromatic nitrogens is 2. The topological polar surface area (TPSA) is 41.5 Å². The van der Waals surface area contributed by atoms with E-state index < -0.39 is 0 Å². The van der Waals surface area contributed by atoms with Gasteiger partial charge < -0.3 is 9.64 Å². The third-order valence-electron chi connectivity index (χ3n) is 5.44. The highest BCUT2D eigenvalue weighted by molar-refractivity contribution is 7.10. The molecule has 0 saturated carbocycles. The van der Waals surface area contributed by atoms with Crippen LogP contribution in [0.4, 0.5) is 5.82 Å². The molecule has 1 fully saturated rings. The van der Waals surface area contributed by atoms with Crippen LogP contribution >= 0.6 is 11.3 Å². The molecule has 0 spiro atoms. The van der Waals surface area contributed by atoms with E-state index in [0.717, 1.165) is 57.3 Å². The van der Waals surface area contributed by atoms with E-state index in [0.29, 0.717) is 6.04 Å². The quantitative estimate of drug-likeness (QED) is 0.806. The molecule has 2 aromatic rings. The van der Waals surface area contributed by atoms with Crippen LogP contribution in [0.1, 0.15) is 40.8 Å². The lowest BCUT2D eigenvalue weighted by Crippen LogP contribution is -2.43. The van der Waals surface area contributed by atoms with Crippen molar-refractivity contribution in [1.29, 1.82) is 0 Å². The molecule has 4 rings (SSSR count). The van der Waals surface area contributed by atoms with Crippen LogP contribution in [-0.2, 0) is 17.6 Å². The molecule has 1 unspecified atom stereocenters. The van der Waals surface area contributed by atoms with E-state index in [-0.39, 0.29) is 0 Å². The first-order chi connectivity index (χ1) is 12.7. The molecule has 1 atom stereocenters. The van der Waals surface area contributed by atoms with Crippen molar-refractivity contribution in [2.75, 3.05) is 44.8 Å². The van der Waals surface area contributed by atoms with Crippen LogP contribution < -0.4 is 4.90 Å². The fourth-order valence-corrected chi connectivity index (χ4v) is 4.96. The Labute approximate surface area is 160 Å². The lowest BCUT2D eigenvalue weighted by Gasteiger charge is -2.37. The molecule has 0 N–H and O–H groups in total. The van der Waals surface area contributed by atoms with Gasteiger partial charge >= 0.3 is 0 Å². The standard InChI is InChI=1S/C20H28N4OS/c1-15-21-17-7-4-3-6-16(17)20(22-15)23(2)14-18(19-8-5-13-26-19)24-9-11-25-12-10-24/h5,8,13,18H,3-4,6-7,9-12,14H2,1-2H3. The summed E-state index contributed by atoms with van der Waals surface area (Å²) in [5.41, 5.74) is 2.64. The molecule has 0 radical (unpaired) electrons. The van der Waals surface area contributed by atoms with Crippen LogP contribution in [0.2, 0.25) is 0 Å². The number of nitrogens with zero attached hydrogens (tertiary/aromatic N) is 4. The Hall–Kier alpha value is -1.50. The van der Waals surface area contributed by atoms with Gasteiger partial charge in [0.1, 0.15) is 11.6 Å². The van der Waals surface area contributed by atoms with Crippen molar-refractivity contribution in [2.45, 2.75) is 38.6 Å². The molecule has 26 heavy (non-hydrogen) atoms. The van der Waals surface area contributed by atoms with Gasteiger partial charge in [0.25, 0.3) is 0 Å². The van der Waals surface area contributed by atoms with Crippen molar-refractivity contribution in [1.82, 2.24) is 14.9 Å². The number of ether oxygens (including phenoxy) is 1. The molecule has 1 saturated heterocycles. The monoisotopic (exact) mass is 372 g/mol. The van der Waals surface area contributed by atoms with Gasteiger partial charge in [-0.3, -0.25) is 4.90 Å². The van der Waals surface area contributed by atoms with Gasteiger partial charge in [-0.05, 0) is 44.1 Å². The molecule has 1 aliphatic heterocycles. The Bertz CT molecular complexity index is 728. The maximum atomic E-state index is 5.57. The van der Waals surface area contributed by atoms with Gasteiger partial charge in [-0.25, -0.2) is 9.97 Å². The maximum Gasteiger partial charge on any atom is 0.135 e. The number of hydrogen-bond donors (Lipinski definition) is 0. The lowest BCUT2D eigenvalue weighted by molar-refractivity contribution is 0.0183. The predicted octanol–water partition coefficient (Wildman–Crippen LogP) is 3.24. The van der Waals surface area contributed by atoms with Gasteiger partial charge in [0.15, 0.2) is 0 Å². The average Bonchev–Trinajstić information content (AvgIpc) is 3.20. The van der Waals surface area contributed by atoms with Crippen molar-refractivity contribution < 1.29 is 4.74 Å². The molecule has 2 aliphatic rings. The highest BCUT2D eigenvalue weighted by atomic mass is 32.1. The van der Waals surface area contributed by atoms with Crippen LogP contribution in [-0.4, -0.2) is 54.8 Å². The summed E-state index contributed by atoms with van der Waals surface area (Å²) >= 11 is 1.85. The highest BCUT2D eigenvalue weighted by Crippen LogP contribution is 2.31. The van der Waals surface area contributed by atoms with E-state index in [1.54, 1.807) is 0 Å². The summed E-state index contributed by atoms with van der Waals surface area (Å²) in [5.74, 6) is 2.04. The van der Waals surface area contributed by atoms with Crippen LogP contribution in [0.5, 0.6) is 0 Å². The van der Waals surface area contributed by atoms with E-state index in [4.69, 9.17) is 14.7 Å². The van der Waals surface area contributed by atoms with Crippen LogP contribution in [0.15, 0.2) is 17.5 Å². The normalized spacial score (nSPS) is 19.2. The van der Waals surface area contributed by atoms with E-state index in [1.807, 2.05) is 18.3 Å². The molecule has 0 aromatic carbocycles. The van der Waals surface area contributed by atoms with Crippen molar-refractivity contribution in [2.24, 2.45) is 0 Å². The van der Waals surface area contributed by atoms with E-state index in [1.165, 1.54) is 29.0 Å². The smallest absolute Gasteiger partial charge is 0.135 e. The minimum Gasteiger partial charge on any atom is -0.379 e. The summed E-state index contributed by atoms with van der Waals surface area (Å²) in [6.45, 7) is 6.62. The minimum absolute atomic E-state index is 0.387. The fourth-order valence-electron chi connectivity index (χ4n) is 4.11. The number of hydrogen-bond acceptors (Lipinski definition) is 6. The van der Waals surface area contributed by atoms with Crippen molar-refractivity contribution in [3.63, 3.8) is 0 Å². The number of likely N-dealkylation sites (N-methyl/N-ethyl adjacent to an activating group) is 1. The van der Waals surface area contributed by atoms with Gasteiger partial charge in [-0.1, -0.05) is 6.07 Å². The third kappa shape index (κ3) is 3.77.